The molecule has 3 aromatic carbocycles. The van der Waals surface area contributed by atoms with Gasteiger partial charge in [-0.1, -0.05) is 35.3 Å². The summed E-state index contributed by atoms with van der Waals surface area (Å²) < 4.78 is 22.7. The number of fused-ring (bicyclic) bond motifs is 4. The Bertz CT molecular complexity index is 1860. The molecule has 0 spiro atoms. The largest absolute Gasteiger partial charge is 0.508 e. The molecule has 0 aliphatic carbocycles. The van der Waals surface area contributed by atoms with Crippen molar-refractivity contribution >= 4 is 62.7 Å². The summed E-state index contributed by atoms with van der Waals surface area (Å²) in [6, 6.07) is 10.3. The first-order valence-corrected chi connectivity index (χ1v) is 16.3. The van der Waals surface area contributed by atoms with Gasteiger partial charge in [0.2, 0.25) is 5.95 Å². The van der Waals surface area contributed by atoms with Crippen molar-refractivity contribution in [3.63, 3.8) is 0 Å². The summed E-state index contributed by atoms with van der Waals surface area (Å²) in [6.07, 6.45) is 1.38. The van der Waals surface area contributed by atoms with E-state index >= 15 is 4.39 Å². The fourth-order valence-electron chi connectivity index (χ4n) is 7.00. The molecule has 2 atom stereocenters. The highest BCUT2D eigenvalue weighted by molar-refractivity contribution is 6.38. The van der Waals surface area contributed by atoms with E-state index in [0.29, 0.717) is 70.7 Å². The minimum absolute atomic E-state index is 0.0296. The molecule has 9 nitrogen and oxygen atoms in total. The van der Waals surface area contributed by atoms with Gasteiger partial charge in [0.25, 0.3) is 0 Å². The number of ether oxygens (including phenoxy) is 1. The molecule has 3 aliphatic rings. The zero-order valence-electron chi connectivity index (χ0n) is 26.5. The number of amides is 1. The number of carbonyl (C=O) groups is 1. The normalized spacial score (nSPS) is 20.2. The molecule has 1 N–H and O–H groups in total. The van der Waals surface area contributed by atoms with Crippen LogP contribution in [0.1, 0.15) is 33.6 Å². The lowest BCUT2D eigenvalue weighted by molar-refractivity contribution is 0.0123. The van der Waals surface area contributed by atoms with Crippen molar-refractivity contribution in [3.8, 4) is 16.9 Å². The van der Waals surface area contributed by atoms with Crippen molar-refractivity contribution in [3.05, 3.63) is 52.3 Å². The van der Waals surface area contributed by atoms with Gasteiger partial charge >= 0.3 is 6.09 Å². The molecule has 3 saturated heterocycles. The van der Waals surface area contributed by atoms with Gasteiger partial charge in [-0.25, -0.2) is 14.2 Å². The summed E-state index contributed by atoms with van der Waals surface area (Å²) in [5, 5.41) is 12.9. The molecule has 2 unspecified atom stereocenters. The molecule has 1 aromatic heterocycles. The summed E-state index contributed by atoms with van der Waals surface area (Å²) in [5.41, 5.74) is 0.0401. The number of likely N-dealkylation sites (N-methyl/N-ethyl adjacent to an activating group) is 1. The van der Waals surface area contributed by atoms with Gasteiger partial charge in [-0.3, -0.25) is 4.90 Å². The van der Waals surface area contributed by atoms with E-state index in [0.717, 1.165) is 12.8 Å². The minimum atomic E-state index is -0.612. The second kappa shape index (κ2) is 11.3. The lowest BCUT2D eigenvalue weighted by Gasteiger charge is -2.44. The number of halogens is 3. The van der Waals surface area contributed by atoms with E-state index in [2.05, 4.69) is 9.80 Å². The van der Waals surface area contributed by atoms with Crippen LogP contribution in [-0.4, -0.2) is 95.0 Å². The first-order valence-electron chi connectivity index (χ1n) is 15.6. The summed E-state index contributed by atoms with van der Waals surface area (Å²) in [4.78, 5) is 31.2. The number of anilines is 2. The van der Waals surface area contributed by atoms with Crippen molar-refractivity contribution in [2.24, 2.45) is 0 Å². The third-order valence-corrected chi connectivity index (χ3v) is 9.91. The maximum atomic E-state index is 17.0. The molecule has 4 heterocycles. The minimum Gasteiger partial charge on any atom is -0.508 e. The van der Waals surface area contributed by atoms with E-state index in [1.807, 2.05) is 50.7 Å². The first-order chi connectivity index (χ1) is 21.8. The number of phenolic OH excluding ortho intramolecular Hbond substituents is 1. The van der Waals surface area contributed by atoms with Gasteiger partial charge in [-0.15, -0.1) is 0 Å². The highest BCUT2D eigenvalue weighted by Gasteiger charge is 2.45. The fraction of sp³-hybridized carbons (Fsp3) is 0.441. The Morgan fingerprint density at radius 3 is 2.35 bits per heavy atom. The Kier molecular flexibility index (Phi) is 7.61. The van der Waals surface area contributed by atoms with Gasteiger partial charge in [0.05, 0.1) is 17.1 Å². The summed E-state index contributed by atoms with van der Waals surface area (Å²) in [6.45, 7) is 8.08. The Morgan fingerprint density at radius 1 is 1.00 bits per heavy atom. The van der Waals surface area contributed by atoms with Gasteiger partial charge < -0.3 is 24.5 Å². The number of carbonyl (C=O) groups excluding carboxylic acids is 1. The number of hydrogen-bond donors (Lipinski definition) is 1. The quantitative estimate of drug-likeness (QED) is 0.251. The third kappa shape index (κ3) is 5.34. The van der Waals surface area contributed by atoms with Crippen molar-refractivity contribution in [1.29, 1.82) is 0 Å². The van der Waals surface area contributed by atoms with Crippen LogP contribution in [0.25, 0.3) is 32.8 Å². The smallest absolute Gasteiger partial charge is 0.410 e. The summed E-state index contributed by atoms with van der Waals surface area (Å²) >= 11 is 13.5. The average molecular weight is 668 g/mol. The Labute approximate surface area is 277 Å². The van der Waals surface area contributed by atoms with E-state index < -0.39 is 11.4 Å². The highest BCUT2D eigenvalue weighted by atomic mass is 35.5. The standard InChI is InChI=1S/C34H37Cl2FN6O3/c1-34(2,3)46-33(45)43-19-9-10-20(43)15-41(14-19)31-24-13-26(36)28(23-12-22(44)11-18-7-6-8-25(35)27(18)23)29(37)30(24)38-32(39-31)42-16-21(17-42)40(4)5/h6-8,11-13,19-21,44H,9-10,14-17H2,1-5H3. The van der Waals surface area contributed by atoms with Gasteiger partial charge in [0.15, 0.2) is 5.82 Å². The molecular formula is C34H37Cl2FN6O3. The molecule has 46 heavy (non-hydrogen) atoms. The number of benzene rings is 3. The lowest BCUT2D eigenvalue weighted by atomic mass is 9.96. The lowest BCUT2D eigenvalue weighted by Crippen LogP contribution is -2.58. The second-order valence-corrected chi connectivity index (χ2v) is 14.6. The fourth-order valence-corrected chi connectivity index (χ4v) is 7.57. The van der Waals surface area contributed by atoms with Crippen LogP contribution in [0, 0.1) is 5.82 Å². The average Bonchev–Trinajstić information content (AvgIpc) is 3.20. The molecule has 3 fully saturated rings. The molecule has 7 rings (SSSR count). The number of rotatable bonds is 4. The van der Waals surface area contributed by atoms with E-state index in [-0.39, 0.29) is 40.0 Å². The van der Waals surface area contributed by atoms with Crippen LogP contribution in [0.15, 0.2) is 36.4 Å². The monoisotopic (exact) mass is 666 g/mol. The Morgan fingerprint density at radius 2 is 1.70 bits per heavy atom. The number of phenols is 1. The molecular weight excluding hydrogens is 630 g/mol. The second-order valence-electron chi connectivity index (χ2n) is 13.8. The molecule has 3 aliphatic heterocycles. The number of aromatic hydroxyl groups is 1. The SMILES string of the molecule is CN(C)C1CN(c2nc(N3CC4CCC(C3)N4C(=O)OC(C)(C)C)c3cc(Cl)c(-c4cc(O)cc5cccc(Cl)c45)c(F)c3n2)C1. The topological polar surface area (TPSA) is 85.3 Å². The van der Waals surface area contributed by atoms with Crippen LogP contribution in [0.4, 0.5) is 21.0 Å². The molecule has 0 radical (unpaired) electrons. The first kappa shape index (κ1) is 31.0. The molecule has 2 bridgehead atoms. The zero-order valence-corrected chi connectivity index (χ0v) is 28.0. The Hall–Kier alpha value is -3.60. The molecule has 1 amide bonds. The van der Waals surface area contributed by atoms with Crippen LogP contribution < -0.4 is 9.80 Å². The predicted molar refractivity (Wildman–Crippen MR) is 181 cm³/mol. The molecule has 4 aromatic rings. The number of aromatic nitrogens is 2. The number of piperazine rings is 1. The molecule has 12 heteroatoms. The highest BCUT2D eigenvalue weighted by Crippen LogP contribution is 2.45. The number of hydrogen-bond acceptors (Lipinski definition) is 8. The van der Waals surface area contributed by atoms with E-state index in [1.54, 1.807) is 24.3 Å². The van der Waals surface area contributed by atoms with Crippen LogP contribution in [0.3, 0.4) is 0 Å². The maximum absolute atomic E-state index is 17.0. The van der Waals surface area contributed by atoms with Crippen molar-refractivity contribution in [2.45, 2.75) is 57.3 Å². The van der Waals surface area contributed by atoms with Crippen LogP contribution >= 0.6 is 23.2 Å². The van der Waals surface area contributed by atoms with E-state index in [4.69, 9.17) is 37.9 Å². The third-order valence-electron chi connectivity index (χ3n) is 9.29. The van der Waals surface area contributed by atoms with Crippen molar-refractivity contribution in [2.75, 3.05) is 50.1 Å². The van der Waals surface area contributed by atoms with Crippen molar-refractivity contribution < 1.29 is 19.0 Å². The van der Waals surface area contributed by atoms with Gasteiger partial charge in [0, 0.05) is 53.6 Å². The van der Waals surface area contributed by atoms with E-state index in [1.165, 1.54) is 6.07 Å². The maximum Gasteiger partial charge on any atom is 0.410 e. The van der Waals surface area contributed by atoms with Gasteiger partial charge in [-0.05, 0) is 82.9 Å². The number of nitrogens with zero attached hydrogens (tertiary/aromatic N) is 6. The Balaban J connectivity index is 1.36. The zero-order chi connectivity index (χ0) is 32.7. The molecule has 0 saturated carbocycles. The summed E-state index contributed by atoms with van der Waals surface area (Å²) in [5.74, 6) is 0.381. The van der Waals surface area contributed by atoms with Crippen LogP contribution in [0.2, 0.25) is 10.0 Å². The van der Waals surface area contributed by atoms with Crippen LogP contribution in [0.5, 0.6) is 5.75 Å². The summed E-state index contributed by atoms with van der Waals surface area (Å²) in [7, 11) is 4.07. The van der Waals surface area contributed by atoms with E-state index in [9.17, 15) is 9.90 Å². The van der Waals surface area contributed by atoms with Crippen LogP contribution in [-0.2, 0) is 4.74 Å². The van der Waals surface area contributed by atoms with Gasteiger partial charge in [0.1, 0.15) is 22.7 Å². The predicted octanol–water partition coefficient (Wildman–Crippen LogP) is 6.94. The molecule has 242 valence electrons. The van der Waals surface area contributed by atoms with Crippen molar-refractivity contribution in [1.82, 2.24) is 19.8 Å². The van der Waals surface area contributed by atoms with Gasteiger partial charge in [-0.2, -0.15) is 4.98 Å².